The predicted octanol–water partition coefficient (Wildman–Crippen LogP) is 2.53. The van der Waals surface area contributed by atoms with Crippen LogP contribution in [0.5, 0.6) is 0 Å². The SMILES string of the molecule is O=C(NCC1CNC1)c1nncc(-c2cc(C(F)(F)F)cc(C(F)(F)F)c2)n1. The van der Waals surface area contributed by atoms with E-state index in [1.54, 1.807) is 0 Å². The predicted molar refractivity (Wildman–Crippen MR) is 84.0 cm³/mol. The van der Waals surface area contributed by atoms with E-state index in [2.05, 4.69) is 25.8 Å². The Hall–Kier alpha value is -2.76. The van der Waals surface area contributed by atoms with Crippen molar-refractivity contribution in [2.24, 2.45) is 5.92 Å². The number of carbonyl (C=O) groups is 1. The van der Waals surface area contributed by atoms with Gasteiger partial charge in [0.1, 0.15) is 0 Å². The van der Waals surface area contributed by atoms with Crippen molar-refractivity contribution >= 4 is 5.91 Å². The van der Waals surface area contributed by atoms with E-state index < -0.39 is 40.8 Å². The molecule has 0 bridgehead atoms. The third kappa shape index (κ3) is 4.55. The smallest absolute Gasteiger partial charge is 0.349 e. The fraction of sp³-hybridized carbons (Fsp3) is 0.375. The minimum absolute atomic E-state index is 0.0123. The summed E-state index contributed by atoms with van der Waals surface area (Å²) in [7, 11) is 0. The van der Waals surface area contributed by atoms with Gasteiger partial charge in [-0.25, -0.2) is 4.98 Å². The molecule has 1 aromatic heterocycles. The molecule has 1 aliphatic rings. The maximum Gasteiger partial charge on any atom is 0.416 e. The van der Waals surface area contributed by atoms with E-state index in [1.165, 1.54) is 0 Å². The van der Waals surface area contributed by atoms with Crippen molar-refractivity contribution in [1.29, 1.82) is 0 Å². The third-order valence-corrected chi connectivity index (χ3v) is 4.06. The van der Waals surface area contributed by atoms with Gasteiger partial charge >= 0.3 is 12.4 Å². The first kappa shape index (κ1) is 20.0. The minimum Gasteiger partial charge on any atom is -0.349 e. The average Bonchev–Trinajstić information content (AvgIpc) is 2.58. The molecule has 28 heavy (non-hydrogen) atoms. The fourth-order valence-corrected chi connectivity index (χ4v) is 2.45. The molecular formula is C16H13F6N5O. The number of nitrogens with zero attached hydrogens (tertiary/aromatic N) is 3. The molecule has 6 nitrogen and oxygen atoms in total. The van der Waals surface area contributed by atoms with Crippen molar-refractivity contribution in [1.82, 2.24) is 25.8 Å². The largest absolute Gasteiger partial charge is 0.416 e. The number of benzene rings is 1. The maximum atomic E-state index is 13.0. The zero-order valence-corrected chi connectivity index (χ0v) is 14.0. The van der Waals surface area contributed by atoms with Crippen LogP contribution < -0.4 is 10.6 Å². The van der Waals surface area contributed by atoms with E-state index in [-0.39, 0.29) is 17.7 Å². The van der Waals surface area contributed by atoms with Crippen LogP contribution in [0.15, 0.2) is 24.4 Å². The van der Waals surface area contributed by atoms with Crippen LogP contribution in [0.1, 0.15) is 21.7 Å². The molecule has 1 aliphatic heterocycles. The van der Waals surface area contributed by atoms with Gasteiger partial charge in [0.05, 0.1) is 23.0 Å². The summed E-state index contributed by atoms with van der Waals surface area (Å²) in [5.74, 6) is -0.932. The first-order chi connectivity index (χ1) is 13.0. The molecule has 2 aromatic rings. The molecule has 1 aromatic carbocycles. The van der Waals surface area contributed by atoms with Crippen LogP contribution in [0.25, 0.3) is 11.3 Å². The summed E-state index contributed by atoms with van der Waals surface area (Å²) in [6.07, 6.45) is -9.09. The molecule has 1 amide bonds. The highest BCUT2D eigenvalue weighted by Gasteiger charge is 2.37. The van der Waals surface area contributed by atoms with Crippen LogP contribution >= 0.6 is 0 Å². The molecule has 1 fully saturated rings. The topological polar surface area (TPSA) is 79.8 Å². The zero-order valence-electron chi connectivity index (χ0n) is 14.0. The van der Waals surface area contributed by atoms with E-state index in [4.69, 9.17) is 0 Å². The molecule has 0 aliphatic carbocycles. The van der Waals surface area contributed by atoms with Gasteiger partial charge in [-0.05, 0) is 18.2 Å². The van der Waals surface area contributed by atoms with Crippen molar-refractivity contribution in [3.8, 4) is 11.3 Å². The van der Waals surface area contributed by atoms with Crippen LogP contribution in [-0.2, 0) is 12.4 Å². The van der Waals surface area contributed by atoms with Crippen molar-refractivity contribution in [3.63, 3.8) is 0 Å². The Morgan fingerprint density at radius 2 is 1.68 bits per heavy atom. The lowest BCUT2D eigenvalue weighted by atomic mass is 10.0. The Labute approximate surface area is 154 Å². The van der Waals surface area contributed by atoms with Crippen molar-refractivity contribution in [2.75, 3.05) is 19.6 Å². The first-order valence-corrected chi connectivity index (χ1v) is 8.02. The lowest BCUT2D eigenvalue weighted by molar-refractivity contribution is -0.143. The number of hydrogen-bond donors (Lipinski definition) is 2. The molecule has 0 spiro atoms. The second-order valence-corrected chi connectivity index (χ2v) is 6.19. The van der Waals surface area contributed by atoms with Gasteiger partial charge < -0.3 is 10.6 Å². The standard InChI is InChI=1S/C16H13F6N5O/c17-15(18,19)10-1-9(2-11(3-10)16(20,21)22)12-7-25-27-13(26-12)14(28)24-6-8-4-23-5-8/h1-3,7-8,23H,4-6H2,(H,24,28). The Morgan fingerprint density at radius 3 is 2.18 bits per heavy atom. The highest BCUT2D eigenvalue weighted by Crippen LogP contribution is 2.38. The highest BCUT2D eigenvalue weighted by atomic mass is 19.4. The number of nitrogens with one attached hydrogen (secondary N) is 2. The average molecular weight is 405 g/mol. The van der Waals surface area contributed by atoms with Gasteiger partial charge in [0.2, 0.25) is 5.82 Å². The van der Waals surface area contributed by atoms with Crippen LogP contribution in [-0.4, -0.2) is 40.7 Å². The summed E-state index contributed by atoms with van der Waals surface area (Å²) in [6, 6.07) is 1.04. The van der Waals surface area contributed by atoms with E-state index >= 15 is 0 Å². The first-order valence-electron chi connectivity index (χ1n) is 8.02. The van der Waals surface area contributed by atoms with Crippen LogP contribution in [0.2, 0.25) is 0 Å². The van der Waals surface area contributed by atoms with Gasteiger partial charge in [-0.1, -0.05) is 0 Å². The van der Waals surface area contributed by atoms with Crippen molar-refractivity contribution < 1.29 is 31.1 Å². The summed E-state index contributed by atoms with van der Waals surface area (Å²) in [6.45, 7) is 1.79. The normalized spacial score (nSPS) is 15.2. The van der Waals surface area contributed by atoms with E-state index in [0.29, 0.717) is 18.7 Å². The molecule has 0 saturated carbocycles. The second-order valence-electron chi connectivity index (χ2n) is 6.19. The van der Waals surface area contributed by atoms with Crippen molar-refractivity contribution in [2.45, 2.75) is 12.4 Å². The summed E-state index contributed by atoms with van der Waals surface area (Å²) in [4.78, 5) is 15.8. The number of aromatic nitrogens is 3. The van der Waals surface area contributed by atoms with E-state index in [0.717, 1.165) is 19.3 Å². The Morgan fingerprint density at radius 1 is 1.07 bits per heavy atom. The molecule has 2 heterocycles. The fourth-order valence-electron chi connectivity index (χ4n) is 2.45. The monoisotopic (exact) mass is 405 g/mol. The number of amides is 1. The summed E-state index contributed by atoms with van der Waals surface area (Å²) in [5, 5.41) is 12.5. The molecule has 2 N–H and O–H groups in total. The van der Waals surface area contributed by atoms with Gasteiger partial charge in [0.15, 0.2) is 0 Å². The molecule has 0 radical (unpaired) electrons. The Bertz CT molecular complexity index is 846. The Kier molecular flexibility index (Phi) is 5.24. The molecule has 0 unspecified atom stereocenters. The Balaban J connectivity index is 1.93. The van der Waals surface area contributed by atoms with Crippen LogP contribution in [0.3, 0.4) is 0 Å². The van der Waals surface area contributed by atoms with Crippen LogP contribution in [0, 0.1) is 5.92 Å². The van der Waals surface area contributed by atoms with Gasteiger partial charge in [0.25, 0.3) is 5.91 Å². The van der Waals surface area contributed by atoms with Gasteiger partial charge in [-0.2, -0.15) is 31.4 Å². The van der Waals surface area contributed by atoms with E-state index in [9.17, 15) is 31.1 Å². The number of halogens is 6. The molecule has 150 valence electrons. The molecule has 12 heteroatoms. The van der Waals surface area contributed by atoms with Crippen LogP contribution in [0.4, 0.5) is 26.3 Å². The van der Waals surface area contributed by atoms with Gasteiger partial charge in [-0.15, -0.1) is 5.10 Å². The van der Waals surface area contributed by atoms with E-state index in [1.807, 2.05) is 0 Å². The molecule has 0 atom stereocenters. The lowest BCUT2D eigenvalue weighted by Crippen LogP contribution is -2.48. The van der Waals surface area contributed by atoms with Crippen molar-refractivity contribution in [3.05, 3.63) is 41.3 Å². The lowest BCUT2D eigenvalue weighted by Gasteiger charge is -2.26. The zero-order chi connectivity index (χ0) is 20.5. The maximum absolute atomic E-state index is 13.0. The summed E-state index contributed by atoms with van der Waals surface area (Å²) in [5.41, 5.74) is -3.78. The van der Waals surface area contributed by atoms with Gasteiger partial charge in [0, 0.05) is 31.1 Å². The summed E-state index contributed by atoms with van der Waals surface area (Å²) >= 11 is 0. The third-order valence-electron chi connectivity index (χ3n) is 4.06. The quantitative estimate of drug-likeness (QED) is 0.765. The number of carbonyl (C=O) groups excluding carboxylic acids is 1. The number of alkyl halides is 6. The number of hydrogen-bond acceptors (Lipinski definition) is 5. The molecule has 1 saturated heterocycles. The number of rotatable bonds is 4. The molecule has 3 rings (SSSR count). The molecular weight excluding hydrogens is 392 g/mol. The highest BCUT2D eigenvalue weighted by molar-refractivity contribution is 5.90. The second kappa shape index (κ2) is 7.34. The minimum atomic E-state index is -4.99. The summed E-state index contributed by atoms with van der Waals surface area (Å²) < 4.78 is 77.9. The van der Waals surface area contributed by atoms with Gasteiger partial charge in [-0.3, -0.25) is 4.79 Å².